The first-order chi connectivity index (χ1) is 14.5. The summed E-state index contributed by atoms with van der Waals surface area (Å²) in [4.78, 5) is 29.2. The molecule has 1 fully saturated rings. The van der Waals surface area contributed by atoms with Crippen LogP contribution in [0.2, 0.25) is 5.02 Å². The molecule has 0 bridgehead atoms. The second-order valence-electron chi connectivity index (χ2n) is 7.27. The van der Waals surface area contributed by atoms with E-state index in [1.165, 1.54) is 0 Å². The van der Waals surface area contributed by atoms with Crippen molar-refractivity contribution >= 4 is 40.1 Å². The van der Waals surface area contributed by atoms with E-state index < -0.39 is 0 Å². The molecule has 1 atom stereocenters. The summed E-state index contributed by atoms with van der Waals surface area (Å²) >= 11 is 6.10. The van der Waals surface area contributed by atoms with Gasteiger partial charge in [-0.15, -0.1) is 0 Å². The fourth-order valence-corrected chi connectivity index (χ4v) is 3.81. The first-order valence-corrected chi connectivity index (χ1v) is 10.3. The Labute approximate surface area is 179 Å². The number of nitrogens with zero attached hydrogens (tertiary/aromatic N) is 2. The van der Waals surface area contributed by atoms with Crippen LogP contribution >= 0.6 is 11.6 Å². The average molecular weight is 427 g/mol. The highest BCUT2D eigenvalue weighted by atomic mass is 35.5. The van der Waals surface area contributed by atoms with Gasteiger partial charge in [-0.05, 0) is 43.2 Å². The number of halogens is 1. The zero-order chi connectivity index (χ0) is 21.1. The van der Waals surface area contributed by atoms with E-state index in [1.54, 1.807) is 24.3 Å². The molecule has 0 spiro atoms. The number of rotatable bonds is 6. The van der Waals surface area contributed by atoms with Crippen LogP contribution in [-0.2, 0) is 23.0 Å². The first kappa shape index (κ1) is 20.4. The number of nitrogens with one attached hydrogen (secondary N) is 2. The number of aromatic nitrogens is 2. The molecule has 2 amide bonds. The predicted molar refractivity (Wildman–Crippen MR) is 116 cm³/mol. The number of imidazole rings is 1. The van der Waals surface area contributed by atoms with Gasteiger partial charge < -0.3 is 19.9 Å². The van der Waals surface area contributed by atoms with Gasteiger partial charge in [0.1, 0.15) is 11.9 Å². The van der Waals surface area contributed by atoms with Crippen molar-refractivity contribution in [3.8, 4) is 0 Å². The Bertz CT molecular complexity index is 1090. The van der Waals surface area contributed by atoms with E-state index in [0.29, 0.717) is 35.8 Å². The summed E-state index contributed by atoms with van der Waals surface area (Å²) in [5.74, 6) is 0.524. The summed E-state index contributed by atoms with van der Waals surface area (Å²) in [6.45, 7) is 1.14. The molecule has 2 N–H and O–H groups in total. The van der Waals surface area contributed by atoms with Crippen molar-refractivity contribution in [2.75, 3.05) is 18.5 Å². The number of anilines is 1. The SMILES string of the molecule is Cn1c(CCNC(=O)[C@H]2CCCO2)nc2cc(NC(=O)c3ccccc3Cl)ccc21. The monoisotopic (exact) mass is 426 g/mol. The molecule has 156 valence electrons. The topological polar surface area (TPSA) is 85.2 Å². The fraction of sp³-hybridized carbons (Fsp3) is 0.318. The summed E-state index contributed by atoms with van der Waals surface area (Å²) in [5.41, 5.74) is 2.79. The largest absolute Gasteiger partial charge is 0.368 e. The molecule has 2 heterocycles. The van der Waals surface area contributed by atoms with Gasteiger partial charge in [0.25, 0.3) is 5.91 Å². The first-order valence-electron chi connectivity index (χ1n) is 9.93. The standard InChI is InChI=1S/C22H23ClN4O3/c1-27-18-9-8-14(25-21(28)15-5-2-3-6-16(15)23)13-17(18)26-20(27)10-11-24-22(29)19-7-4-12-30-19/h2-3,5-6,8-9,13,19H,4,7,10-12H2,1H3,(H,24,29)(H,25,28)/t19-/m1/s1. The van der Waals surface area contributed by atoms with Crippen LogP contribution in [0.15, 0.2) is 42.5 Å². The van der Waals surface area contributed by atoms with Crippen molar-refractivity contribution in [1.82, 2.24) is 14.9 Å². The predicted octanol–water partition coefficient (Wildman–Crippen LogP) is 3.32. The number of hydrogen-bond acceptors (Lipinski definition) is 4. The molecule has 1 saturated heterocycles. The maximum atomic E-state index is 12.5. The van der Waals surface area contributed by atoms with Crippen molar-refractivity contribution in [2.24, 2.45) is 7.05 Å². The Morgan fingerprint density at radius 1 is 1.27 bits per heavy atom. The van der Waals surface area contributed by atoms with Crippen molar-refractivity contribution in [1.29, 1.82) is 0 Å². The van der Waals surface area contributed by atoms with Crippen LogP contribution in [0.4, 0.5) is 5.69 Å². The smallest absolute Gasteiger partial charge is 0.257 e. The summed E-state index contributed by atoms with van der Waals surface area (Å²) in [5, 5.41) is 6.19. The number of benzene rings is 2. The van der Waals surface area contributed by atoms with E-state index in [1.807, 2.05) is 29.8 Å². The minimum absolute atomic E-state index is 0.0594. The third-order valence-corrected chi connectivity index (χ3v) is 5.55. The summed E-state index contributed by atoms with van der Waals surface area (Å²) in [7, 11) is 1.94. The van der Waals surface area contributed by atoms with Gasteiger partial charge in [0.2, 0.25) is 5.91 Å². The Hall–Kier alpha value is -2.90. The third-order valence-electron chi connectivity index (χ3n) is 5.22. The molecule has 0 saturated carbocycles. The molecule has 0 radical (unpaired) electrons. The van der Waals surface area contributed by atoms with Crippen LogP contribution in [0.1, 0.15) is 29.0 Å². The zero-order valence-corrected chi connectivity index (χ0v) is 17.4. The van der Waals surface area contributed by atoms with Crippen molar-refractivity contribution in [2.45, 2.75) is 25.4 Å². The average Bonchev–Trinajstić information content (AvgIpc) is 3.37. The Morgan fingerprint density at radius 3 is 2.87 bits per heavy atom. The molecule has 0 aliphatic carbocycles. The van der Waals surface area contributed by atoms with E-state index in [2.05, 4.69) is 15.6 Å². The molecule has 3 aromatic rings. The molecule has 7 nitrogen and oxygen atoms in total. The minimum Gasteiger partial charge on any atom is -0.368 e. The number of carbonyl (C=O) groups is 2. The summed E-state index contributed by atoms with van der Waals surface area (Å²) in [6.07, 6.45) is 1.99. The van der Waals surface area contributed by atoms with Crippen molar-refractivity contribution in [3.05, 3.63) is 58.9 Å². The molecule has 8 heteroatoms. The van der Waals surface area contributed by atoms with Gasteiger partial charge in [-0.3, -0.25) is 9.59 Å². The highest BCUT2D eigenvalue weighted by Gasteiger charge is 2.23. The number of hydrogen-bond donors (Lipinski definition) is 2. The van der Waals surface area contributed by atoms with Gasteiger partial charge >= 0.3 is 0 Å². The highest BCUT2D eigenvalue weighted by Crippen LogP contribution is 2.22. The normalized spacial score (nSPS) is 16.0. The van der Waals surface area contributed by atoms with Gasteiger partial charge in [0.05, 0.1) is 21.6 Å². The molecule has 1 aliphatic rings. The lowest BCUT2D eigenvalue weighted by Gasteiger charge is -2.10. The van der Waals surface area contributed by atoms with Crippen LogP contribution < -0.4 is 10.6 Å². The maximum absolute atomic E-state index is 12.5. The fourth-order valence-electron chi connectivity index (χ4n) is 3.59. The lowest BCUT2D eigenvalue weighted by atomic mass is 10.2. The number of ether oxygens (including phenoxy) is 1. The molecule has 2 aromatic carbocycles. The molecule has 1 aliphatic heterocycles. The van der Waals surface area contributed by atoms with Crippen molar-refractivity contribution in [3.63, 3.8) is 0 Å². The second-order valence-corrected chi connectivity index (χ2v) is 7.67. The maximum Gasteiger partial charge on any atom is 0.257 e. The van der Waals surface area contributed by atoms with Crippen LogP contribution in [-0.4, -0.2) is 40.6 Å². The van der Waals surface area contributed by atoms with Gasteiger partial charge in [-0.1, -0.05) is 23.7 Å². The van der Waals surface area contributed by atoms with Gasteiger partial charge in [-0.25, -0.2) is 4.98 Å². The highest BCUT2D eigenvalue weighted by molar-refractivity contribution is 6.34. The quantitative estimate of drug-likeness (QED) is 0.633. The van der Waals surface area contributed by atoms with E-state index >= 15 is 0 Å². The summed E-state index contributed by atoms with van der Waals surface area (Å²) < 4.78 is 7.39. The Morgan fingerprint density at radius 2 is 2.10 bits per heavy atom. The Kier molecular flexibility index (Phi) is 6.01. The molecular weight excluding hydrogens is 404 g/mol. The number of carbonyl (C=O) groups excluding carboxylic acids is 2. The third kappa shape index (κ3) is 4.32. The minimum atomic E-state index is -0.324. The summed E-state index contributed by atoms with van der Waals surface area (Å²) in [6, 6.07) is 12.5. The van der Waals surface area contributed by atoms with Crippen LogP contribution in [0, 0.1) is 0 Å². The lowest BCUT2D eigenvalue weighted by Crippen LogP contribution is -2.35. The van der Waals surface area contributed by atoms with Crippen LogP contribution in [0.5, 0.6) is 0 Å². The zero-order valence-electron chi connectivity index (χ0n) is 16.7. The van der Waals surface area contributed by atoms with Crippen molar-refractivity contribution < 1.29 is 14.3 Å². The van der Waals surface area contributed by atoms with Crippen LogP contribution in [0.3, 0.4) is 0 Å². The van der Waals surface area contributed by atoms with E-state index in [9.17, 15) is 9.59 Å². The van der Waals surface area contributed by atoms with E-state index in [-0.39, 0.29) is 17.9 Å². The Balaban J connectivity index is 1.43. The lowest BCUT2D eigenvalue weighted by molar-refractivity contribution is -0.130. The second kappa shape index (κ2) is 8.85. The number of aryl methyl sites for hydroxylation is 1. The van der Waals surface area contributed by atoms with Crippen LogP contribution in [0.25, 0.3) is 11.0 Å². The van der Waals surface area contributed by atoms with E-state index in [0.717, 1.165) is 29.7 Å². The van der Waals surface area contributed by atoms with E-state index in [4.69, 9.17) is 16.3 Å². The number of fused-ring (bicyclic) bond motifs is 1. The molecule has 0 unspecified atom stereocenters. The molecule has 30 heavy (non-hydrogen) atoms. The van der Waals surface area contributed by atoms with Gasteiger partial charge in [0.15, 0.2) is 0 Å². The molecule has 1 aromatic heterocycles. The molecule has 4 rings (SSSR count). The van der Waals surface area contributed by atoms with Gasteiger partial charge in [-0.2, -0.15) is 0 Å². The molecular formula is C22H23ClN4O3. The van der Waals surface area contributed by atoms with Gasteiger partial charge in [0, 0.05) is 32.3 Å². The number of amides is 2.